The predicted octanol–water partition coefficient (Wildman–Crippen LogP) is 8.69. The van der Waals surface area contributed by atoms with E-state index in [0.29, 0.717) is 51.9 Å². The van der Waals surface area contributed by atoms with E-state index in [1.807, 2.05) is 0 Å². The summed E-state index contributed by atoms with van der Waals surface area (Å²) in [6, 6.07) is -1.03. The molecule has 0 aromatic rings. The second-order valence-electron chi connectivity index (χ2n) is 15.0. The van der Waals surface area contributed by atoms with Crippen molar-refractivity contribution in [3.8, 4) is 0 Å². The summed E-state index contributed by atoms with van der Waals surface area (Å²) >= 11 is 0. The molecule has 10 nitrogen and oxygen atoms in total. The molecule has 0 aliphatic rings. The zero-order valence-corrected chi connectivity index (χ0v) is 36.4. The molecule has 0 bridgehead atoms. The summed E-state index contributed by atoms with van der Waals surface area (Å²) in [4.78, 5) is 51.1. The van der Waals surface area contributed by atoms with Crippen LogP contribution in [0.1, 0.15) is 206 Å². The lowest BCUT2D eigenvalue weighted by Gasteiger charge is -2.19. The molecule has 54 heavy (non-hydrogen) atoms. The summed E-state index contributed by atoms with van der Waals surface area (Å²) in [5.41, 5.74) is 11.3. The molecule has 2 unspecified atom stereocenters. The van der Waals surface area contributed by atoms with Crippen molar-refractivity contribution in [1.82, 2.24) is 21.3 Å². The molecule has 12 heteroatoms. The van der Waals surface area contributed by atoms with Crippen molar-refractivity contribution in [3.63, 3.8) is 0 Å². The second kappa shape index (κ2) is 44.1. The molecule has 0 aliphatic heterocycles. The van der Waals surface area contributed by atoms with E-state index in [4.69, 9.17) is 11.5 Å². The molecule has 0 aliphatic carbocycles. The first-order chi connectivity index (χ1) is 25.4. The van der Waals surface area contributed by atoms with Gasteiger partial charge < -0.3 is 32.7 Å². The number of nitrogens with two attached hydrogens (primary N) is 2. The normalized spacial score (nSPS) is 11.9. The van der Waals surface area contributed by atoms with Crippen LogP contribution in [0.15, 0.2) is 0 Å². The topological polar surface area (TPSA) is 168 Å². The van der Waals surface area contributed by atoms with Gasteiger partial charge in [0.15, 0.2) is 0 Å². The van der Waals surface area contributed by atoms with E-state index in [0.717, 1.165) is 77.0 Å². The van der Waals surface area contributed by atoms with E-state index < -0.39 is 12.1 Å². The Kier molecular flexibility index (Phi) is 46.3. The zero-order chi connectivity index (χ0) is 38.3. The number of amides is 4. The molecule has 0 spiro atoms. The first-order valence-electron chi connectivity index (χ1n) is 21.9. The smallest absolute Gasteiger partial charge is 0.242 e. The van der Waals surface area contributed by atoms with Crippen LogP contribution in [0.3, 0.4) is 0 Å². The first-order valence-corrected chi connectivity index (χ1v) is 21.9. The first kappa shape index (κ1) is 56.7. The lowest BCUT2D eigenvalue weighted by molar-refractivity contribution is -0.129. The van der Waals surface area contributed by atoms with E-state index in [1.54, 1.807) is 0 Å². The Morgan fingerprint density at radius 1 is 0.407 bits per heavy atom. The van der Waals surface area contributed by atoms with E-state index >= 15 is 0 Å². The van der Waals surface area contributed by atoms with Gasteiger partial charge in [-0.3, -0.25) is 19.2 Å². The molecular formula is C42H86Cl2N6O4. The van der Waals surface area contributed by atoms with E-state index in [2.05, 4.69) is 35.1 Å². The van der Waals surface area contributed by atoms with Gasteiger partial charge in [-0.2, -0.15) is 0 Å². The van der Waals surface area contributed by atoms with Crippen LogP contribution in [0.25, 0.3) is 0 Å². The van der Waals surface area contributed by atoms with Gasteiger partial charge in [0.2, 0.25) is 23.6 Å². The molecular weight excluding hydrogens is 723 g/mol. The molecule has 0 fully saturated rings. The van der Waals surface area contributed by atoms with Gasteiger partial charge in [-0.15, -0.1) is 24.8 Å². The number of unbranched alkanes of at least 4 members (excludes halogenated alkanes) is 21. The molecule has 0 aromatic carbocycles. The van der Waals surface area contributed by atoms with E-state index in [-0.39, 0.29) is 48.4 Å². The maximum atomic E-state index is 12.9. The third kappa shape index (κ3) is 37.3. The van der Waals surface area contributed by atoms with Gasteiger partial charge in [0.1, 0.15) is 12.1 Å². The molecule has 8 N–H and O–H groups in total. The average molecular weight is 810 g/mol. The van der Waals surface area contributed by atoms with Crippen molar-refractivity contribution in [2.75, 3.05) is 26.2 Å². The Balaban J connectivity index is -0.0000130. The third-order valence-corrected chi connectivity index (χ3v) is 9.91. The average Bonchev–Trinajstić information content (AvgIpc) is 3.13. The molecule has 0 saturated carbocycles. The largest absolute Gasteiger partial charge is 0.354 e. The molecule has 0 rings (SSSR count). The van der Waals surface area contributed by atoms with Crippen LogP contribution < -0.4 is 32.7 Å². The minimum Gasteiger partial charge on any atom is -0.354 e. The Bertz CT molecular complexity index is 803. The van der Waals surface area contributed by atoms with Crippen LogP contribution in [-0.4, -0.2) is 61.9 Å². The SMILES string of the molecule is CCCCCCCCCCCC(=O)NC(CCCCN)C(=O)NCCCCCCNC(=O)C(CCCCN)NC(=O)CCCCCCCCCCC.Cl.Cl. The number of carbonyl (C=O) groups is 4. The molecule has 0 aromatic heterocycles. The molecule has 2 atom stereocenters. The highest BCUT2D eigenvalue weighted by Crippen LogP contribution is 2.12. The quantitative estimate of drug-likeness (QED) is 0.0340. The third-order valence-electron chi connectivity index (χ3n) is 9.91. The van der Waals surface area contributed by atoms with Crippen molar-refractivity contribution in [3.05, 3.63) is 0 Å². The fourth-order valence-electron chi connectivity index (χ4n) is 6.52. The van der Waals surface area contributed by atoms with Crippen molar-refractivity contribution in [1.29, 1.82) is 0 Å². The number of hydrogen-bond donors (Lipinski definition) is 6. The maximum absolute atomic E-state index is 12.9. The highest BCUT2D eigenvalue weighted by atomic mass is 35.5. The fourth-order valence-corrected chi connectivity index (χ4v) is 6.52. The predicted molar refractivity (Wildman–Crippen MR) is 232 cm³/mol. The highest BCUT2D eigenvalue weighted by Gasteiger charge is 2.21. The maximum Gasteiger partial charge on any atom is 0.242 e. The number of nitrogens with one attached hydrogen (secondary N) is 4. The van der Waals surface area contributed by atoms with Gasteiger partial charge in [0.25, 0.3) is 0 Å². The molecule has 0 radical (unpaired) electrons. The van der Waals surface area contributed by atoms with Crippen LogP contribution in [0.2, 0.25) is 0 Å². The van der Waals surface area contributed by atoms with Crippen LogP contribution in [0, 0.1) is 0 Å². The van der Waals surface area contributed by atoms with Gasteiger partial charge in [0, 0.05) is 25.9 Å². The Morgan fingerprint density at radius 2 is 0.704 bits per heavy atom. The summed E-state index contributed by atoms with van der Waals surface area (Å²) in [6.45, 7) is 6.73. The lowest BCUT2D eigenvalue weighted by Crippen LogP contribution is -2.47. The van der Waals surface area contributed by atoms with Crippen molar-refractivity contribution in [2.45, 2.75) is 219 Å². The molecule has 0 saturated heterocycles. The highest BCUT2D eigenvalue weighted by molar-refractivity contribution is 5.88. The monoisotopic (exact) mass is 809 g/mol. The summed E-state index contributed by atoms with van der Waals surface area (Å²) in [5.74, 6) is -0.328. The van der Waals surface area contributed by atoms with E-state index in [9.17, 15) is 19.2 Å². The number of rotatable bonds is 39. The minimum absolute atomic E-state index is 0. The standard InChI is InChI=1S/C42H84N6O4.2ClH/c1-3-5-7-9-11-13-15-17-21-31-39(49)47-37(29-23-25-33-43)41(51)45-35-27-19-20-28-36-46-42(52)38(30-24-26-34-44)48-40(50)32-22-18-16-14-12-10-8-6-4-2;;/h37-38H,3-36,43-44H2,1-2H3,(H,45,51)(H,46,52)(H,47,49)(H,48,50);2*1H. The van der Waals surface area contributed by atoms with Gasteiger partial charge >= 0.3 is 0 Å². The van der Waals surface area contributed by atoms with Crippen LogP contribution in [-0.2, 0) is 19.2 Å². The number of carbonyl (C=O) groups excluding carboxylic acids is 4. The van der Waals surface area contributed by atoms with Crippen LogP contribution >= 0.6 is 24.8 Å². The van der Waals surface area contributed by atoms with Crippen LogP contribution in [0.5, 0.6) is 0 Å². The molecule has 4 amide bonds. The summed E-state index contributed by atoms with van der Waals surface area (Å²) < 4.78 is 0. The van der Waals surface area contributed by atoms with Gasteiger partial charge in [-0.25, -0.2) is 0 Å². The van der Waals surface area contributed by atoms with Gasteiger partial charge in [-0.05, 0) is 77.3 Å². The molecule has 322 valence electrons. The summed E-state index contributed by atoms with van der Waals surface area (Å²) in [5, 5.41) is 12.0. The van der Waals surface area contributed by atoms with Crippen molar-refractivity contribution in [2.24, 2.45) is 11.5 Å². The minimum atomic E-state index is -0.517. The lowest BCUT2D eigenvalue weighted by atomic mass is 10.1. The van der Waals surface area contributed by atoms with E-state index in [1.165, 1.54) is 89.9 Å². The summed E-state index contributed by atoms with van der Waals surface area (Å²) in [7, 11) is 0. The number of hydrogen-bond acceptors (Lipinski definition) is 6. The second-order valence-corrected chi connectivity index (χ2v) is 15.0. The van der Waals surface area contributed by atoms with Gasteiger partial charge in [0.05, 0.1) is 0 Å². The van der Waals surface area contributed by atoms with Crippen molar-refractivity contribution >= 4 is 48.4 Å². The Hall–Kier alpha value is -1.62. The molecule has 0 heterocycles. The fraction of sp³-hybridized carbons (Fsp3) is 0.905. The summed E-state index contributed by atoms with van der Waals surface area (Å²) in [6.07, 6.45) is 30.5. The van der Waals surface area contributed by atoms with Crippen molar-refractivity contribution < 1.29 is 19.2 Å². The number of halogens is 2. The Morgan fingerprint density at radius 3 is 1.02 bits per heavy atom. The van der Waals surface area contributed by atoms with Crippen LogP contribution in [0.4, 0.5) is 0 Å². The van der Waals surface area contributed by atoms with Gasteiger partial charge in [-0.1, -0.05) is 129 Å². The Labute approximate surface area is 344 Å². The zero-order valence-electron chi connectivity index (χ0n) is 34.8.